The van der Waals surface area contributed by atoms with E-state index in [1.165, 1.54) is 0 Å². The smallest absolute Gasteiger partial charge is 0.335 e. The number of carboxylic acids is 1. The van der Waals surface area contributed by atoms with E-state index in [0.717, 1.165) is 16.9 Å². The zero-order chi connectivity index (χ0) is 12.5. The molecule has 4 heteroatoms. The van der Waals surface area contributed by atoms with Gasteiger partial charge in [-0.1, -0.05) is 18.2 Å². The van der Waals surface area contributed by atoms with Crippen LogP contribution >= 0.6 is 0 Å². The van der Waals surface area contributed by atoms with E-state index in [9.17, 15) is 4.79 Å². The standard InChI is InChI=1S/C14H10N2O2/c17-14(18)11-6-4-10(5-7-11)13-15-9-12-3-1-2-8-16(12)13/h1-9H,(H,17,18). The normalized spacial score (nSPS) is 10.7. The topological polar surface area (TPSA) is 54.6 Å². The van der Waals surface area contributed by atoms with Crippen LogP contribution in [-0.4, -0.2) is 20.5 Å². The Labute approximate surface area is 103 Å². The number of aromatic carboxylic acids is 1. The highest BCUT2D eigenvalue weighted by molar-refractivity contribution is 5.88. The third kappa shape index (κ3) is 1.64. The van der Waals surface area contributed by atoms with Crippen LogP contribution in [-0.2, 0) is 0 Å². The number of carbonyl (C=O) groups is 1. The molecule has 0 fully saturated rings. The van der Waals surface area contributed by atoms with Crippen LogP contribution in [0.25, 0.3) is 16.9 Å². The molecule has 0 aliphatic rings. The Morgan fingerprint density at radius 1 is 1.11 bits per heavy atom. The molecular weight excluding hydrogens is 228 g/mol. The minimum absolute atomic E-state index is 0.277. The SMILES string of the molecule is O=C(O)c1ccc(-c2ncc3ccccn23)cc1. The van der Waals surface area contributed by atoms with E-state index in [2.05, 4.69) is 4.98 Å². The van der Waals surface area contributed by atoms with E-state index in [4.69, 9.17) is 5.11 Å². The highest BCUT2D eigenvalue weighted by Crippen LogP contribution is 2.20. The first-order valence-corrected chi connectivity index (χ1v) is 5.51. The molecule has 1 aromatic carbocycles. The second-order valence-electron chi connectivity index (χ2n) is 3.96. The lowest BCUT2D eigenvalue weighted by atomic mass is 10.1. The lowest BCUT2D eigenvalue weighted by Crippen LogP contribution is -1.96. The summed E-state index contributed by atoms with van der Waals surface area (Å²) in [6.07, 6.45) is 3.73. The molecule has 3 aromatic rings. The van der Waals surface area contributed by atoms with Crippen molar-refractivity contribution in [2.45, 2.75) is 0 Å². The molecule has 0 unspecified atom stereocenters. The minimum Gasteiger partial charge on any atom is -0.478 e. The molecular formula is C14H10N2O2. The van der Waals surface area contributed by atoms with Crippen molar-refractivity contribution in [1.29, 1.82) is 0 Å². The van der Waals surface area contributed by atoms with Crippen LogP contribution in [0.1, 0.15) is 10.4 Å². The molecule has 4 nitrogen and oxygen atoms in total. The molecule has 2 aromatic heterocycles. The summed E-state index contributed by atoms with van der Waals surface area (Å²) in [5, 5.41) is 8.86. The number of pyridine rings is 1. The number of hydrogen-bond acceptors (Lipinski definition) is 2. The maximum atomic E-state index is 10.8. The Balaban J connectivity index is 2.12. The molecule has 2 heterocycles. The van der Waals surface area contributed by atoms with Crippen LogP contribution in [0, 0.1) is 0 Å². The Hall–Kier alpha value is -2.62. The molecule has 0 aliphatic heterocycles. The van der Waals surface area contributed by atoms with Gasteiger partial charge in [0.25, 0.3) is 0 Å². The number of benzene rings is 1. The predicted molar refractivity (Wildman–Crippen MR) is 67.6 cm³/mol. The van der Waals surface area contributed by atoms with E-state index in [1.807, 2.05) is 28.8 Å². The molecule has 0 bridgehead atoms. The second-order valence-corrected chi connectivity index (χ2v) is 3.96. The molecule has 0 saturated heterocycles. The lowest BCUT2D eigenvalue weighted by Gasteiger charge is -2.01. The van der Waals surface area contributed by atoms with Crippen LogP contribution in [0.5, 0.6) is 0 Å². The summed E-state index contributed by atoms with van der Waals surface area (Å²) < 4.78 is 1.97. The van der Waals surface area contributed by atoms with Crippen molar-refractivity contribution in [1.82, 2.24) is 9.38 Å². The van der Waals surface area contributed by atoms with Gasteiger partial charge in [-0.3, -0.25) is 4.40 Å². The summed E-state index contributed by atoms with van der Waals surface area (Å²) in [6.45, 7) is 0. The Morgan fingerprint density at radius 2 is 1.89 bits per heavy atom. The van der Waals surface area contributed by atoms with Gasteiger partial charge in [-0.05, 0) is 24.3 Å². The Morgan fingerprint density at radius 3 is 2.61 bits per heavy atom. The number of hydrogen-bond donors (Lipinski definition) is 1. The van der Waals surface area contributed by atoms with Gasteiger partial charge in [0.1, 0.15) is 5.82 Å². The molecule has 0 aliphatic carbocycles. The van der Waals surface area contributed by atoms with Gasteiger partial charge in [0.05, 0.1) is 17.3 Å². The van der Waals surface area contributed by atoms with Crippen molar-refractivity contribution in [3.63, 3.8) is 0 Å². The van der Waals surface area contributed by atoms with Crippen LogP contribution in [0.4, 0.5) is 0 Å². The number of carboxylic acid groups (broad SMARTS) is 1. The van der Waals surface area contributed by atoms with Crippen molar-refractivity contribution in [2.24, 2.45) is 0 Å². The summed E-state index contributed by atoms with van der Waals surface area (Å²) in [5.74, 6) is -0.114. The number of nitrogens with zero attached hydrogens (tertiary/aromatic N) is 2. The van der Waals surface area contributed by atoms with Crippen molar-refractivity contribution >= 4 is 11.5 Å². The molecule has 18 heavy (non-hydrogen) atoms. The zero-order valence-electron chi connectivity index (χ0n) is 9.45. The molecule has 88 valence electrons. The van der Waals surface area contributed by atoms with Gasteiger partial charge in [0.15, 0.2) is 0 Å². The highest BCUT2D eigenvalue weighted by Gasteiger charge is 2.07. The van der Waals surface area contributed by atoms with E-state index >= 15 is 0 Å². The van der Waals surface area contributed by atoms with E-state index in [1.54, 1.807) is 30.5 Å². The van der Waals surface area contributed by atoms with Gasteiger partial charge >= 0.3 is 5.97 Å². The maximum absolute atomic E-state index is 10.8. The fraction of sp³-hybridized carbons (Fsp3) is 0. The molecule has 0 saturated carbocycles. The average Bonchev–Trinajstić information content (AvgIpc) is 2.82. The largest absolute Gasteiger partial charge is 0.478 e. The van der Waals surface area contributed by atoms with Gasteiger partial charge < -0.3 is 5.11 Å². The first-order valence-electron chi connectivity index (χ1n) is 5.51. The summed E-state index contributed by atoms with van der Waals surface area (Å²) in [7, 11) is 0. The highest BCUT2D eigenvalue weighted by atomic mass is 16.4. The van der Waals surface area contributed by atoms with Gasteiger partial charge in [-0.25, -0.2) is 9.78 Å². The summed E-state index contributed by atoms with van der Waals surface area (Å²) in [4.78, 5) is 15.1. The monoisotopic (exact) mass is 238 g/mol. The molecule has 0 radical (unpaired) electrons. The quantitative estimate of drug-likeness (QED) is 0.746. The second kappa shape index (κ2) is 4.00. The Kier molecular flexibility index (Phi) is 2.34. The molecule has 0 amide bonds. The maximum Gasteiger partial charge on any atom is 0.335 e. The summed E-state index contributed by atoms with van der Waals surface area (Å²) in [5.41, 5.74) is 2.18. The fourth-order valence-electron chi connectivity index (χ4n) is 1.92. The molecule has 1 N–H and O–H groups in total. The average molecular weight is 238 g/mol. The zero-order valence-corrected chi connectivity index (χ0v) is 9.45. The minimum atomic E-state index is -0.922. The predicted octanol–water partition coefficient (Wildman–Crippen LogP) is 2.70. The van der Waals surface area contributed by atoms with E-state index in [-0.39, 0.29) is 5.56 Å². The van der Waals surface area contributed by atoms with Crippen molar-refractivity contribution in [2.75, 3.05) is 0 Å². The number of rotatable bonds is 2. The lowest BCUT2D eigenvalue weighted by molar-refractivity contribution is 0.0697. The fourth-order valence-corrected chi connectivity index (χ4v) is 1.92. The van der Waals surface area contributed by atoms with Crippen molar-refractivity contribution in [3.05, 3.63) is 60.4 Å². The van der Waals surface area contributed by atoms with Crippen molar-refractivity contribution in [3.8, 4) is 11.4 Å². The summed E-state index contributed by atoms with van der Waals surface area (Å²) in [6, 6.07) is 12.6. The number of aromatic nitrogens is 2. The van der Waals surface area contributed by atoms with Gasteiger partial charge in [-0.15, -0.1) is 0 Å². The third-order valence-electron chi connectivity index (χ3n) is 2.83. The first kappa shape index (κ1) is 10.5. The van der Waals surface area contributed by atoms with E-state index in [0.29, 0.717) is 0 Å². The first-order chi connectivity index (χ1) is 8.75. The van der Waals surface area contributed by atoms with Crippen LogP contribution in [0.15, 0.2) is 54.9 Å². The molecule has 0 spiro atoms. The third-order valence-corrected chi connectivity index (χ3v) is 2.83. The van der Waals surface area contributed by atoms with Crippen LogP contribution < -0.4 is 0 Å². The van der Waals surface area contributed by atoms with Gasteiger partial charge in [-0.2, -0.15) is 0 Å². The van der Waals surface area contributed by atoms with Gasteiger partial charge in [0.2, 0.25) is 0 Å². The van der Waals surface area contributed by atoms with Crippen LogP contribution in [0.2, 0.25) is 0 Å². The number of fused-ring (bicyclic) bond motifs is 1. The van der Waals surface area contributed by atoms with Crippen LogP contribution in [0.3, 0.4) is 0 Å². The molecule has 3 rings (SSSR count). The van der Waals surface area contributed by atoms with E-state index < -0.39 is 5.97 Å². The number of imidazole rings is 1. The summed E-state index contributed by atoms with van der Waals surface area (Å²) >= 11 is 0. The van der Waals surface area contributed by atoms with Crippen molar-refractivity contribution < 1.29 is 9.90 Å². The molecule has 0 atom stereocenters. The van der Waals surface area contributed by atoms with Gasteiger partial charge in [0, 0.05) is 11.8 Å². The Bertz CT molecular complexity index is 714.